The molecule has 1 atom stereocenters. The zero-order chi connectivity index (χ0) is 18.2. The van der Waals surface area contributed by atoms with Crippen molar-refractivity contribution in [3.05, 3.63) is 48.3 Å². The fourth-order valence-electron chi connectivity index (χ4n) is 2.36. The van der Waals surface area contributed by atoms with Crippen LogP contribution in [0.1, 0.15) is 25.8 Å². The normalized spacial score (nSPS) is 11.0. The molecule has 0 spiro atoms. The molecule has 1 aromatic carbocycles. The summed E-state index contributed by atoms with van der Waals surface area (Å²) in [4.78, 5) is 16.2. The van der Waals surface area contributed by atoms with E-state index in [1.54, 1.807) is 37.7 Å². The molecule has 0 saturated carbocycles. The van der Waals surface area contributed by atoms with Gasteiger partial charge in [0.15, 0.2) is 11.5 Å². The Kier molecular flexibility index (Phi) is 11.5. The van der Waals surface area contributed by atoms with Gasteiger partial charge in [-0.3, -0.25) is 9.78 Å². The summed E-state index contributed by atoms with van der Waals surface area (Å²) in [6.07, 6.45) is 4.08. The predicted octanol–water partition coefficient (Wildman–Crippen LogP) is 3.82. The molecule has 0 radical (unpaired) electrons. The summed E-state index contributed by atoms with van der Waals surface area (Å²) in [5.41, 5.74) is 7.48. The summed E-state index contributed by atoms with van der Waals surface area (Å²) in [5, 5.41) is 2.83. The molecule has 0 aliphatic rings. The average molecular weight is 416 g/mol. The fourth-order valence-corrected chi connectivity index (χ4v) is 2.36. The van der Waals surface area contributed by atoms with Gasteiger partial charge in [0.1, 0.15) is 6.61 Å². The third-order valence-electron chi connectivity index (χ3n) is 3.61. The van der Waals surface area contributed by atoms with Gasteiger partial charge in [-0.05, 0) is 30.5 Å². The summed E-state index contributed by atoms with van der Waals surface area (Å²) in [5.74, 6) is 1.28. The highest BCUT2D eigenvalue weighted by atomic mass is 35.5. The van der Waals surface area contributed by atoms with Gasteiger partial charge in [0.2, 0.25) is 5.91 Å². The van der Waals surface area contributed by atoms with Crippen LogP contribution in [0.15, 0.2) is 42.7 Å². The number of nitrogens with one attached hydrogen (secondary N) is 1. The van der Waals surface area contributed by atoms with Gasteiger partial charge in [-0.15, -0.1) is 24.8 Å². The lowest BCUT2D eigenvalue weighted by Gasteiger charge is -2.16. The molecule has 1 heterocycles. The van der Waals surface area contributed by atoms with E-state index in [-0.39, 0.29) is 30.7 Å². The van der Waals surface area contributed by atoms with Gasteiger partial charge in [0.05, 0.1) is 13.2 Å². The van der Waals surface area contributed by atoms with Gasteiger partial charge >= 0.3 is 0 Å². The standard InChI is InChI=1S/C19H25N3O3.2ClH/c1-13(2)9-16(20)19(23)22-15-6-7-17(24-3)18(10-15)25-12-14-5-4-8-21-11-14;;/h4-8,10-11,13,16H,9,12,20H2,1-3H3,(H,22,23);2*1H/t16-;;/m0../s1. The van der Waals surface area contributed by atoms with Crippen LogP contribution in [0, 0.1) is 5.92 Å². The maximum atomic E-state index is 12.2. The Balaban J connectivity index is 0.00000338. The molecule has 8 heteroatoms. The minimum Gasteiger partial charge on any atom is -0.493 e. The van der Waals surface area contributed by atoms with Gasteiger partial charge in [-0.1, -0.05) is 19.9 Å². The Morgan fingerprint density at radius 3 is 2.56 bits per heavy atom. The van der Waals surface area contributed by atoms with E-state index in [9.17, 15) is 4.79 Å². The van der Waals surface area contributed by atoms with Crippen LogP contribution in [0.25, 0.3) is 0 Å². The fraction of sp³-hybridized carbons (Fsp3) is 0.368. The van der Waals surface area contributed by atoms with Crippen molar-refractivity contribution in [1.82, 2.24) is 4.98 Å². The number of pyridine rings is 1. The zero-order valence-electron chi connectivity index (χ0n) is 15.7. The molecule has 0 aliphatic carbocycles. The summed E-state index contributed by atoms with van der Waals surface area (Å²) in [6.45, 7) is 4.42. The maximum Gasteiger partial charge on any atom is 0.241 e. The molecule has 0 saturated heterocycles. The van der Waals surface area contributed by atoms with Crippen molar-refractivity contribution in [1.29, 1.82) is 0 Å². The number of nitrogens with zero attached hydrogens (tertiary/aromatic N) is 1. The van der Waals surface area contributed by atoms with E-state index >= 15 is 0 Å². The maximum absolute atomic E-state index is 12.2. The van der Waals surface area contributed by atoms with Gasteiger partial charge in [0, 0.05) is 29.7 Å². The number of nitrogens with two attached hydrogens (primary N) is 1. The minimum atomic E-state index is -0.540. The topological polar surface area (TPSA) is 86.5 Å². The quantitative estimate of drug-likeness (QED) is 0.683. The molecular weight excluding hydrogens is 389 g/mol. The van der Waals surface area contributed by atoms with Crippen molar-refractivity contribution in [2.45, 2.75) is 32.9 Å². The van der Waals surface area contributed by atoms with Crippen molar-refractivity contribution in [3.63, 3.8) is 0 Å². The van der Waals surface area contributed by atoms with E-state index in [1.807, 2.05) is 26.0 Å². The lowest BCUT2D eigenvalue weighted by Crippen LogP contribution is -2.36. The highest BCUT2D eigenvalue weighted by Gasteiger charge is 2.16. The Morgan fingerprint density at radius 2 is 1.96 bits per heavy atom. The first-order chi connectivity index (χ1) is 12.0. The number of amides is 1. The molecular formula is C19H27Cl2N3O3. The van der Waals surface area contributed by atoms with Gasteiger partial charge in [-0.25, -0.2) is 0 Å². The van der Waals surface area contributed by atoms with Crippen LogP contribution < -0.4 is 20.5 Å². The van der Waals surface area contributed by atoms with Crippen LogP contribution in [0.3, 0.4) is 0 Å². The third kappa shape index (κ3) is 8.03. The lowest BCUT2D eigenvalue weighted by molar-refractivity contribution is -0.117. The highest BCUT2D eigenvalue weighted by molar-refractivity contribution is 5.94. The van der Waals surface area contributed by atoms with Crippen LogP contribution in [-0.2, 0) is 11.4 Å². The van der Waals surface area contributed by atoms with Crippen LogP contribution in [0.4, 0.5) is 5.69 Å². The summed E-state index contributed by atoms with van der Waals surface area (Å²) >= 11 is 0. The number of aromatic nitrogens is 1. The number of rotatable bonds is 8. The summed E-state index contributed by atoms with van der Waals surface area (Å²) in [7, 11) is 1.57. The largest absolute Gasteiger partial charge is 0.493 e. The van der Waals surface area contributed by atoms with Crippen LogP contribution in [0.2, 0.25) is 0 Å². The van der Waals surface area contributed by atoms with E-state index in [1.165, 1.54) is 0 Å². The molecule has 3 N–H and O–H groups in total. The third-order valence-corrected chi connectivity index (χ3v) is 3.61. The molecule has 2 aromatic rings. The number of benzene rings is 1. The number of hydrogen-bond donors (Lipinski definition) is 2. The van der Waals surface area contributed by atoms with Crippen molar-refractivity contribution in [2.24, 2.45) is 11.7 Å². The minimum absolute atomic E-state index is 0. The van der Waals surface area contributed by atoms with Crippen molar-refractivity contribution in [3.8, 4) is 11.5 Å². The van der Waals surface area contributed by atoms with E-state index < -0.39 is 6.04 Å². The molecule has 0 bridgehead atoms. The lowest BCUT2D eigenvalue weighted by atomic mass is 10.0. The van der Waals surface area contributed by atoms with Crippen molar-refractivity contribution in [2.75, 3.05) is 12.4 Å². The molecule has 1 amide bonds. The number of halogens is 2. The molecule has 1 aromatic heterocycles. The number of carbonyl (C=O) groups excluding carboxylic acids is 1. The number of hydrogen-bond acceptors (Lipinski definition) is 5. The number of carbonyl (C=O) groups is 1. The SMILES string of the molecule is COc1ccc(NC(=O)[C@@H](N)CC(C)C)cc1OCc1cccnc1.Cl.Cl. The van der Waals surface area contributed by atoms with Crippen molar-refractivity contribution < 1.29 is 14.3 Å². The second kappa shape index (κ2) is 12.4. The van der Waals surface area contributed by atoms with E-state index in [0.29, 0.717) is 36.1 Å². The van der Waals surface area contributed by atoms with Crippen LogP contribution in [-0.4, -0.2) is 24.0 Å². The van der Waals surface area contributed by atoms with Gasteiger partial charge < -0.3 is 20.5 Å². The number of anilines is 1. The first-order valence-corrected chi connectivity index (χ1v) is 8.25. The Hall–Kier alpha value is -2.02. The van der Waals surface area contributed by atoms with Gasteiger partial charge in [0.25, 0.3) is 0 Å². The van der Waals surface area contributed by atoms with E-state index in [0.717, 1.165) is 5.56 Å². The first kappa shape index (κ1) is 25.0. The number of ether oxygens (including phenoxy) is 2. The van der Waals surface area contributed by atoms with E-state index in [2.05, 4.69) is 10.3 Å². The Labute approximate surface area is 172 Å². The average Bonchev–Trinajstić information content (AvgIpc) is 2.60. The predicted molar refractivity (Wildman–Crippen MR) is 112 cm³/mol. The van der Waals surface area contributed by atoms with Crippen molar-refractivity contribution >= 4 is 36.4 Å². The Morgan fingerprint density at radius 1 is 1.22 bits per heavy atom. The Bertz CT molecular complexity index is 700. The first-order valence-electron chi connectivity index (χ1n) is 8.25. The summed E-state index contributed by atoms with van der Waals surface area (Å²) < 4.78 is 11.1. The van der Waals surface area contributed by atoms with Gasteiger partial charge in [-0.2, -0.15) is 0 Å². The molecule has 6 nitrogen and oxygen atoms in total. The monoisotopic (exact) mass is 415 g/mol. The second-order valence-electron chi connectivity index (χ2n) is 6.24. The van der Waals surface area contributed by atoms with Crippen LogP contribution >= 0.6 is 24.8 Å². The molecule has 0 unspecified atom stereocenters. The second-order valence-corrected chi connectivity index (χ2v) is 6.24. The number of methoxy groups -OCH3 is 1. The molecule has 2 rings (SSSR count). The molecule has 0 fully saturated rings. The highest BCUT2D eigenvalue weighted by Crippen LogP contribution is 2.31. The van der Waals surface area contributed by atoms with E-state index in [4.69, 9.17) is 15.2 Å². The molecule has 0 aliphatic heterocycles. The zero-order valence-corrected chi connectivity index (χ0v) is 17.3. The summed E-state index contributed by atoms with van der Waals surface area (Å²) in [6, 6.07) is 8.48. The van der Waals surface area contributed by atoms with Crippen LogP contribution in [0.5, 0.6) is 11.5 Å². The smallest absolute Gasteiger partial charge is 0.241 e. The molecule has 150 valence electrons. The molecule has 27 heavy (non-hydrogen) atoms.